The Balaban J connectivity index is 2.39. The summed E-state index contributed by atoms with van der Waals surface area (Å²) in [6.45, 7) is 2.85. The topological polar surface area (TPSA) is 83.1 Å². The number of carbonyl (C=O) groups excluding carboxylic acids is 2. The third kappa shape index (κ3) is 4.73. The molecular weight excluding hydrogens is 515 g/mol. The summed E-state index contributed by atoms with van der Waals surface area (Å²) >= 11 is 6.64. The van der Waals surface area contributed by atoms with E-state index in [9.17, 15) is 22.8 Å². The van der Waals surface area contributed by atoms with Gasteiger partial charge >= 0.3 is 6.18 Å². The molecule has 3 rings (SSSR count). The van der Waals surface area contributed by atoms with Gasteiger partial charge in [0.05, 0.1) is 39.6 Å². The molecule has 2 aromatic carbocycles. The minimum absolute atomic E-state index is 0.0402. The number of aryl methyl sites for hydroxylation is 1. The number of ketones is 2. The molecule has 0 fully saturated rings. The fraction of sp³-hybridized carbons (Fsp3) is 0.308. The first-order valence-electron chi connectivity index (χ1n) is 10.9. The van der Waals surface area contributed by atoms with E-state index in [1.807, 2.05) is 0 Å². The minimum atomic E-state index is -5.05. The summed E-state index contributed by atoms with van der Waals surface area (Å²) in [4.78, 5) is 25.1. The van der Waals surface area contributed by atoms with E-state index in [-0.39, 0.29) is 33.9 Å². The van der Waals surface area contributed by atoms with Crippen LogP contribution >= 0.6 is 11.6 Å². The van der Waals surface area contributed by atoms with Crippen LogP contribution < -0.4 is 19.5 Å². The number of allylic oxidation sites excluding steroid dienone is 2. The van der Waals surface area contributed by atoms with E-state index in [1.165, 1.54) is 46.5 Å². The summed E-state index contributed by atoms with van der Waals surface area (Å²) in [5.74, 6) is -2.38. The Morgan fingerprint density at radius 3 is 2.00 bits per heavy atom. The van der Waals surface area contributed by atoms with Crippen molar-refractivity contribution in [2.45, 2.75) is 25.0 Å². The highest BCUT2D eigenvalue weighted by Gasteiger charge is 2.53. The second-order valence-corrected chi connectivity index (χ2v) is 8.62. The summed E-state index contributed by atoms with van der Waals surface area (Å²) in [7, 11) is 4.97. The fourth-order valence-electron chi connectivity index (χ4n) is 4.17. The number of Topliss-reactive ketones (excluding diaryl/α,β-unsaturated/α-hetero) is 2. The number of nitrogens with one attached hydrogen (secondary N) is 1. The van der Waals surface area contributed by atoms with Crippen molar-refractivity contribution in [3.05, 3.63) is 75.7 Å². The monoisotopic (exact) mass is 539 g/mol. The van der Waals surface area contributed by atoms with Crippen LogP contribution in [0.4, 0.5) is 13.2 Å². The van der Waals surface area contributed by atoms with Crippen molar-refractivity contribution < 1.29 is 41.7 Å². The van der Waals surface area contributed by atoms with Gasteiger partial charge in [-0.1, -0.05) is 41.9 Å². The highest BCUT2D eigenvalue weighted by Crippen LogP contribution is 2.47. The number of rotatable bonds is 8. The van der Waals surface area contributed by atoms with Crippen molar-refractivity contribution in [2.75, 3.05) is 28.4 Å². The van der Waals surface area contributed by atoms with Crippen molar-refractivity contribution in [2.24, 2.45) is 0 Å². The first-order chi connectivity index (χ1) is 17.4. The molecule has 37 heavy (non-hydrogen) atoms. The van der Waals surface area contributed by atoms with Crippen molar-refractivity contribution in [3.63, 3.8) is 0 Å². The Labute approximate surface area is 216 Å². The van der Waals surface area contributed by atoms with Gasteiger partial charge in [-0.25, -0.2) is 0 Å². The van der Waals surface area contributed by atoms with Crippen LogP contribution in [-0.2, 0) is 4.74 Å². The lowest BCUT2D eigenvalue weighted by molar-refractivity contribution is -0.101. The zero-order chi connectivity index (χ0) is 27.7. The van der Waals surface area contributed by atoms with Gasteiger partial charge in [0.15, 0.2) is 28.0 Å². The molecule has 0 aromatic heterocycles. The molecule has 7 nitrogen and oxygen atoms in total. The van der Waals surface area contributed by atoms with E-state index >= 15 is 0 Å². The molecule has 1 aliphatic heterocycles. The molecule has 1 N–H and O–H groups in total. The molecule has 0 amide bonds. The van der Waals surface area contributed by atoms with Crippen LogP contribution in [-0.4, -0.2) is 51.2 Å². The zero-order valence-electron chi connectivity index (χ0n) is 20.9. The summed E-state index contributed by atoms with van der Waals surface area (Å²) < 4.78 is 63.9. The quantitative estimate of drug-likeness (QED) is 0.275. The van der Waals surface area contributed by atoms with Gasteiger partial charge in [0.25, 0.3) is 0 Å². The predicted molar refractivity (Wildman–Crippen MR) is 130 cm³/mol. The molecule has 198 valence electrons. The molecule has 0 bridgehead atoms. The summed E-state index contributed by atoms with van der Waals surface area (Å²) in [5, 5.41) is 2.10. The Morgan fingerprint density at radius 2 is 1.51 bits per heavy atom. The Morgan fingerprint density at radius 1 is 0.919 bits per heavy atom. The Hall–Kier alpha value is -3.66. The standard InChI is InChI=1S/C26H25ClF3NO6/c1-13-12-16(34-3)20(35-4)21(36-5)17(13)19(32)18-14(2)25(27,24(33)15-10-8-7-9-11-15)31-23(22(18)37-6)26(28,29)30/h7-12,31H,1-6H3. The van der Waals surface area contributed by atoms with Crippen molar-refractivity contribution in [1.82, 2.24) is 5.32 Å². The van der Waals surface area contributed by atoms with Gasteiger partial charge in [0.2, 0.25) is 17.3 Å². The van der Waals surface area contributed by atoms with Gasteiger partial charge in [0.1, 0.15) is 0 Å². The van der Waals surface area contributed by atoms with Crippen LogP contribution in [0.1, 0.15) is 33.2 Å². The van der Waals surface area contributed by atoms with Crippen LogP contribution in [0.5, 0.6) is 17.2 Å². The molecule has 1 heterocycles. The molecule has 0 aliphatic carbocycles. The first-order valence-corrected chi connectivity index (χ1v) is 11.2. The van der Waals surface area contributed by atoms with Gasteiger partial charge in [-0.2, -0.15) is 13.2 Å². The van der Waals surface area contributed by atoms with E-state index in [0.29, 0.717) is 5.56 Å². The van der Waals surface area contributed by atoms with Crippen LogP contribution in [0.25, 0.3) is 0 Å². The van der Waals surface area contributed by atoms with Gasteiger partial charge in [0, 0.05) is 5.56 Å². The molecule has 0 spiro atoms. The first kappa shape index (κ1) is 27.9. The molecule has 2 aromatic rings. The smallest absolute Gasteiger partial charge is 0.434 e. The number of carbonyl (C=O) groups is 2. The number of hydrogen-bond donors (Lipinski definition) is 1. The van der Waals surface area contributed by atoms with Crippen molar-refractivity contribution >= 4 is 23.2 Å². The Kier molecular flexibility index (Phi) is 7.83. The summed E-state index contributed by atoms with van der Waals surface area (Å²) in [5.41, 5.74) is -1.95. The normalized spacial score (nSPS) is 17.8. The van der Waals surface area contributed by atoms with Crippen LogP contribution in [0.3, 0.4) is 0 Å². The molecule has 1 atom stereocenters. The second kappa shape index (κ2) is 10.4. The number of alkyl halides is 4. The van der Waals surface area contributed by atoms with E-state index in [2.05, 4.69) is 5.32 Å². The van der Waals surface area contributed by atoms with Gasteiger partial charge in [-0.05, 0) is 31.1 Å². The molecule has 0 saturated carbocycles. The van der Waals surface area contributed by atoms with Gasteiger partial charge < -0.3 is 24.3 Å². The number of hydrogen-bond acceptors (Lipinski definition) is 7. The Bertz CT molecular complexity index is 1300. The maximum Gasteiger partial charge on any atom is 0.434 e. The highest BCUT2D eigenvalue weighted by atomic mass is 35.5. The van der Waals surface area contributed by atoms with Gasteiger partial charge in [-0.3, -0.25) is 9.59 Å². The fourth-order valence-corrected chi connectivity index (χ4v) is 4.47. The molecule has 11 heteroatoms. The summed E-state index contributed by atoms with van der Waals surface area (Å²) in [6.07, 6.45) is -5.05. The lowest BCUT2D eigenvalue weighted by Crippen LogP contribution is -2.54. The largest absolute Gasteiger partial charge is 0.494 e. The van der Waals surface area contributed by atoms with Crippen LogP contribution in [0, 0.1) is 6.92 Å². The maximum absolute atomic E-state index is 14.2. The second-order valence-electron chi connectivity index (χ2n) is 8.05. The lowest BCUT2D eigenvalue weighted by Gasteiger charge is -2.37. The summed E-state index contributed by atoms with van der Waals surface area (Å²) in [6, 6.07) is 9.02. The average molecular weight is 540 g/mol. The average Bonchev–Trinajstić information content (AvgIpc) is 2.87. The SMILES string of the molecule is COC1=C(C(F)(F)F)NC(Cl)(C(=O)c2ccccc2)C(C)=C1C(=O)c1c(C)cc(OC)c(OC)c1OC. The third-order valence-electron chi connectivity index (χ3n) is 5.96. The van der Waals surface area contributed by atoms with E-state index < -0.39 is 39.8 Å². The molecular formula is C26H25ClF3NO6. The zero-order valence-corrected chi connectivity index (χ0v) is 21.7. The van der Waals surface area contributed by atoms with Crippen LogP contribution in [0.15, 0.2) is 59.0 Å². The lowest BCUT2D eigenvalue weighted by atomic mass is 9.84. The van der Waals surface area contributed by atoms with Crippen molar-refractivity contribution in [3.8, 4) is 17.2 Å². The van der Waals surface area contributed by atoms with E-state index in [4.69, 9.17) is 30.5 Å². The third-order valence-corrected chi connectivity index (χ3v) is 6.51. The number of ether oxygens (including phenoxy) is 4. The number of benzene rings is 2. The molecule has 0 saturated heterocycles. The molecule has 1 aliphatic rings. The number of halogens is 4. The van der Waals surface area contributed by atoms with Gasteiger partial charge in [-0.15, -0.1) is 0 Å². The predicted octanol–water partition coefficient (Wildman–Crippen LogP) is 5.36. The van der Waals surface area contributed by atoms with E-state index in [0.717, 1.165) is 7.11 Å². The molecule has 0 radical (unpaired) electrons. The number of methoxy groups -OCH3 is 4. The van der Waals surface area contributed by atoms with Crippen molar-refractivity contribution in [1.29, 1.82) is 0 Å². The van der Waals surface area contributed by atoms with Crippen LogP contribution in [0.2, 0.25) is 0 Å². The van der Waals surface area contributed by atoms with E-state index in [1.54, 1.807) is 25.1 Å². The highest BCUT2D eigenvalue weighted by molar-refractivity contribution is 6.40. The minimum Gasteiger partial charge on any atom is -0.494 e. The number of dihydropyridines is 1. The molecule has 1 unspecified atom stereocenters. The maximum atomic E-state index is 14.2.